The van der Waals surface area contributed by atoms with E-state index in [1.807, 2.05) is 54.6 Å². The molecule has 1 saturated carbocycles. The Morgan fingerprint density at radius 2 is 1.74 bits per heavy atom. The Bertz CT molecular complexity index is 1460. The zero-order valence-electron chi connectivity index (χ0n) is 21.5. The first-order valence-electron chi connectivity index (χ1n) is 13.3. The standard InChI is InChI=1S/C29H31N5O5/c35-16-13-30-27-31-25(34-14-17-38-18-15-34)23-22(19-5-2-1-3-6-19)24(39-26(23)32-27)20-7-9-21(10-8-20)29(11-4-12-29)33-28(36)37/h1-3,5-10,33,35H,4,11-18H2,(H,36,37)(H,30,31,32). The lowest BCUT2D eigenvalue weighted by atomic mass is 9.72. The molecule has 0 spiro atoms. The Morgan fingerprint density at radius 1 is 1.00 bits per heavy atom. The maximum absolute atomic E-state index is 11.5. The smallest absolute Gasteiger partial charge is 0.405 e. The molecule has 0 bridgehead atoms. The molecule has 202 valence electrons. The summed E-state index contributed by atoms with van der Waals surface area (Å²) in [4.78, 5) is 23.2. The number of nitrogens with zero attached hydrogens (tertiary/aromatic N) is 3. The monoisotopic (exact) mass is 529 g/mol. The van der Waals surface area contributed by atoms with Crippen LogP contribution in [0.4, 0.5) is 16.6 Å². The summed E-state index contributed by atoms with van der Waals surface area (Å²) in [5.74, 6) is 1.81. The van der Waals surface area contributed by atoms with E-state index in [1.54, 1.807) is 0 Å². The van der Waals surface area contributed by atoms with Crippen molar-refractivity contribution in [3.8, 4) is 22.5 Å². The summed E-state index contributed by atoms with van der Waals surface area (Å²) in [6.45, 7) is 2.85. The van der Waals surface area contributed by atoms with Crippen molar-refractivity contribution in [1.82, 2.24) is 15.3 Å². The van der Waals surface area contributed by atoms with Crippen molar-refractivity contribution in [2.45, 2.75) is 24.8 Å². The van der Waals surface area contributed by atoms with Crippen LogP contribution in [0, 0.1) is 0 Å². The van der Waals surface area contributed by atoms with Crippen molar-refractivity contribution >= 4 is 29.0 Å². The highest BCUT2D eigenvalue weighted by Crippen LogP contribution is 2.46. The van der Waals surface area contributed by atoms with Gasteiger partial charge in [-0.25, -0.2) is 4.79 Å². The number of ether oxygens (including phenoxy) is 1. The number of fused-ring (bicyclic) bond motifs is 1. The number of carboxylic acid groups (broad SMARTS) is 1. The van der Waals surface area contributed by atoms with Crippen molar-refractivity contribution in [1.29, 1.82) is 0 Å². The van der Waals surface area contributed by atoms with Gasteiger partial charge < -0.3 is 34.9 Å². The average Bonchev–Trinajstić information content (AvgIpc) is 3.34. The summed E-state index contributed by atoms with van der Waals surface area (Å²) in [6, 6.07) is 18.0. The highest BCUT2D eigenvalue weighted by atomic mass is 16.5. The average molecular weight is 530 g/mol. The van der Waals surface area contributed by atoms with E-state index >= 15 is 0 Å². The minimum Gasteiger partial charge on any atom is -0.465 e. The Balaban J connectivity index is 1.51. The molecule has 0 radical (unpaired) electrons. The first-order valence-corrected chi connectivity index (χ1v) is 13.3. The second-order valence-electron chi connectivity index (χ2n) is 9.92. The highest BCUT2D eigenvalue weighted by Gasteiger charge is 2.40. The normalized spacial score (nSPS) is 16.6. The van der Waals surface area contributed by atoms with Gasteiger partial charge in [0.05, 0.1) is 30.7 Å². The molecule has 3 heterocycles. The third kappa shape index (κ3) is 4.77. The van der Waals surface area contributed by atoms with E-state index in [4.69, 9.17) is 14.1 Å². The van der Waals surface area contributed by atoms with E-state index in [0.717, 1.165) is 52.7 Å². The minimum absolute atomic E-state index is 0.0441. The number of aromatic nitrogens is 2. The van der Waals surface area contributed by atoms with E-state index < -0.39 is 11.6 Å². The van der Waals surface area contributed by atoms with Crippen LogP contribution in [-0.2, 0) is 10.3 Å². The van der Waals surface area contributed by atoms with Crippen LogP contribution in [0.15, 0.2) is 59.0 Å². The molecule has 2 aliphatic rings. The van der Waals surface area contributed by atoms with Crippen LogP contribution >= 0.6 is 0 Å². The lowest BCUT2D eigenvalue weighted by Gasteiger charge is -2.42. The van der Waals surface area contributed by atoms with E-state index in [1.165, 1.54) is 0 Å². The van der Waals surface area contributed by atoms with Crippen molar-refractivity contribution in [3.05, 3.63) is 60.2 Å². The lowest BCUT2D eigenvalue weighted by Crippen LogP contribution is -2.50. The number of carbonyl (C=O) groups is 1. The molecule has 1 amide bonds. The van der Waals surface area contributed by atoms with Crippen LogP contribution in [0.3, 0.4) is 0 Å². The van der Waals surface area contributed by atoms with Gasteiger partial charge in [0.25, 0.3) is 0 Å². The Kier molecular flexibility index (Phi) is 6.80. The summed E-state index contributed by atoms with van der Waals surface area (Å²) in [7, 11) is 0. The number of nitrogens with one attached hydrogen (secondary N) is 2. The molecular weight excluding hydrogens is 498 g/mol. The molecule has 6 rings (SSSR count). The van der Waals surface area contributed by atoms with Gasteiger partial charge >= 0.3 is 6.09 Å². The number of hydrogen-bond acceptors (Lipinski definition) is 8. The summed E-state index contributed by atoms with van der Waals surface area (Å²) in [5.41, 5.74) is 3.60. The predicted molar refractivity (Wildman–Crippen MR) is 148 cm³/mol. The van der Waals surface area contributed by atoms with Crippen LogP contribution < -0.4 is 15.5 Å². The molecule has 1 aliphatic heterocycles. The zero-order valence-corrected chi connectivity index (χ0v) is 21.5. The first-order chi connectivity index (χ1) is 19.1. The molecule has 10 heteroatoms. The van der Waals surface area contributed by atoms with Gasteiger partial charge in [-0.2, -0.15) is 9.97 Å². The number of hydrogen-bond donors (Lipinski definition) is 4. The predicted octanol–water partition coefficient (Wildman–Crippen LogP) is 4.44. The summed E-state index contributed by atoms with van der Waals surface area (Å²) < 4.78 is 12.1. The number of furan rings is 1. The molecule has 10 nitrogen and oxygen atoms in total. The molecule has 39 heavy (non-hydrogen) atoms. The number of aliphatic hydroxyl groups excluding tert-OH is 1. The molecule has 0 atom stereocenters. The molecular formula is C29H31N5O5. The Hall–Kier alpha value is -4.15. The van der Waals surface area contributed by atoms with Gasteiger partial charge in [0.1, 0.15) is 11.6 Å². The van der Waals surface area contributed by atoms with Gasteiger partial charge in [0.15, 0.2) is 0 Å². The summed E-state index contributed by atoms with van der Waals surface area (Å²) in [5, 5.41) is 25.4. The second-order valence-corrected chi connectivity index (χ2v) is 9.92. The molecule has 4 aromatic rings. The van der Waals surface area contributed by atoms with E-state index in [9.17, 15) is 15.0 Å². The maximum Gasteiger partial charge on any atom is 0.405 e. The van der Waals surface area contributed by atoms with Crippen LogP contribution in [0.5, 0.6) is 0 Å². The van der Waals surface area contributed by atoms with Gasteiger partial charge in [0.2, 0.25) is 11.7 Å². The van der Waals surface area contributed by atoms with Gasteiger partial charge in [-0.3, -0.25) is 0 Å². The van der Waals surface area contributed by atoms with E-state index in [2.05, 4.69) is 20.5 Å². The number of aliphatic hydroxyl groups is 1. The molecule has 2 aromatic carbocycles. The van der Waals surface area contributed by atoms with E-state index in [0.29, 0.717) is 50.3 Å². The van der Waals surface area contributed by atoms with E-state index in [-0.39, 0.29) is 6.61 Å². The number of morpholine rings is 1. The fourth-order valence-corrected chi connectivity index (χ4v) is 5.48. The van der Waals surface area contributed by atoms with Gasteiger partial charge in [0, 0.05) is 30.8 Å². The van der Waals surface area contributed by atoms with Crippen LogP contribution in [-0.4, -0.2) is 65.7 Å². The summed E-state index contributed by atoms with van der Waals surface area (Å²) in [6.07, 6.45) is 1.53. The number of amides is 1. The van der Waals surface area contributed by atoms with Gasteiger partial charge in [-0.15, -0.1) is 0 Å². The SMILES string of the molecule is O=C(O)NC1(c2ccc(-c3oc4nc(NCCO)nc(N5CCOCC5)c4c3-c3ccccc3)cc2)CCC1. The van der Waals surface area contributed by atoms with Crippen LogP contribution in [0.1, 0.15) is 24.8 Å². The second kappa shape index (κ2) is 10.5. The fraction of sp³-hybridized carbons (Fsp3) is 0.345. The number of benzene rings is 2. The van der Waals surface area contributed by atoms with Crippen LogP contribution in [0.2, 0.25) is 0 Å². The van der Waals surface area contributed by atoms with Gasteiger partial charge in [-0.05, 0) is 30.4 Å². The Morgan fingerprint density at radius 3 is 2.38 bits per heavy atom. The Labute approximate surface area is 225 Å². The largest absolute Gasteiger partial charge is 0.465 e. The zero-order chi connectivity index (χ0) is 26.8. The highest BCUT2D eigenvalue weighted by molar-refractivity contribution is 6.06. The molecule has 1 aliphatic carbocycles. The molecule has 2 fully saturated rings. The molecule has 2 aromatic heterocycles. The van der Waals surface area contributed by atoms with Crippen molar-refractivity contribution < 1.29 is 24.2 Å². The third-order valence-electron chi connectivity index (χ3n) is 7.55. The van der Waals surface area contributed by atoms with Crippen molar-refractivity contribution in [2.75, 3.05) is 49.7 Å². The molecule has 0 unspecified atom stereocenters. The fourth-order valence-electron chi connectivity index (χ4n) is 5.48. The quantitative estimate of drug-likeness (QED) is 0.261. The van der Waals surface area contributed by atoms with Crippen molar-refractivity contribution in [2.24, 2.45) is 0 Å². The number of rotatable bonds is 8. The first kappa shape index (κ1) is 25.1. The van der Waals surface area contributed by atoms with Crippen LogP contribution in [0.25, 0.3) is 33.6 Å². The molecule has 1 saturated heterocycles. The maximum atomic E-state index is 11.5. The number of anilines is 2. The summed E-state index contributed by atoms with van der Waals surface area (Å²) >= 11 is 0. The van der Waals surface area contributed by atoms with Gasteiger partial charge in [-0.1, -0.05) is 54.6 Å². The lowest BCUT2D eigenvalue weighted by molar-refractivity contribution is 0.122. The van der Waals surface area contributed by atoms with Crippen molar-refractivity contribution in [3.63, 3.8) is 0 Å². The molecule has 4 N–H and O–H groups in total. The topological polar surface area (TPSA) is 133 Å². The third-order valence-corrected chi connectivity index (χ3v) is 7.55. The minimum atomic E-state index is -1.01.